The molecule has 3 heterocycles. The molecule has 0 saturated carbocycles. The van der Waals surface area contributed by atoms with Crippen molar-refractivity contribution < 1.29 is 19.1 Å². The molecule has 10 heteroatoms. The van der Waals surface area contributed by atoms with Gasteiger partial charge in [-0.1, -0.05) is 36.2 Å². The predicted molar refractivity (Wildman–Crippen MR) is 144 cm³/mol. The van der Waals surface area contributed by atoms with Crippen LogP contribution in [0.3, 0.4) is 0 Å². The van der Waals surface area contributed by atoms with Crippen LogP contribution in [-0.4, -0.2) is 48.1 Å². The fourth-order valence-electron chi connectivity index (χ4n) is 5.10. The monoisotopic (exact) mass is 538 g/mol. The molecule has 38 heavy (non-hydrogen) atoms. The van der Waals surface area contributed by atoms with Gasteiger partial charge in [0.25, 0.3) is 5.91 Å². The second kappa shape index (κ2) is 12.0. The van der Waals surface area contributed by atoms with Gasteiger partial charge in [-0.05, 0) is 72.9 Å². The van der Waals surface area contributed by atoms with Gasteiger partial charge in [-0.2, -0.15) is 5.10 Å². The van der Waals surface area contributed by atoms with E-state index in [0.717, 1.165) is 55.2 Å². The Labute approximate surface area is 225 Å². The minimum absolute atomic E-state index is 0.0447. The molecule has 0 spiro atoms. The van der Waals surface area contributed by atoms with Crippen LogP contribution in [0, 0.1) is 0 Å². The Morgan fingerprint density at radius 2 is 1.89 bits per heavy atom. The first kappa shape index (κ1) is 26.2. The number of benzene rings is 2. The van der Waals surface area contributed by atoms with E-state index in [0.29, 0.717) is 41.7 Å². The number of ether oxygens (including phenoxy) is 2. The summed E-state index contributed by atoms with van der Waals surface area (Å²) < 4.78 is 10.5. The van der Waals surface area contributed by atoms with Crippen molar-refractivity contribution in [3.63, 3.8) is 0 Å². The maximum Gasteiger partial charge on any atom is 0.407 e. The molecular formula is C28H31ClN4O5. The van der Waals surface area contributed by atoms with Gasteiger partial charge >= 0.3 is 6.09 Å². The summed E-state index contributed by atoms with van der Waals surface area (Å²) in [5.74, 6) is -0.227. The van der Waals surface area contributed by atoms with Crippen LogP contribution in [0.2, 0.25) is 5.02 Å². The highest BCUT2D eigenvalue weighted by Gasteiger charge is 2.23. The molecule has 1 unspecified atom stereocenters. The number of amides is 2. The highest BCUT2D eigenvalue weighted by atomic mass is 35.5. The molecule has 1 atom stereocenters. The third-order valence-corrected chi connectivity index (χ3v) is 7.49. The summed E-state index contributed by atoms with van der Waals surface area (Å²) in [7, 11) is 0. The van der Waals surface area contributed by atoms with Crippen LogP contribution in [0.5, 0.6) is 0 Å². The number of aryl methyl sites for hydroxylation is 1. The van der Waals surface area contributed by atoms with Gasteiger partial charge in [0.1, 0.15) is 6.61 Å². The number of hydrogen-bond donors (Lipinski definition) is 3. The topological polar surface area (TPSA) is 122 Å². The number of hydrogen-bond acceptors (Lipinski definition) is 6. The second-order valence-corrected chi connectivity index (χ2v) is 10.3. The number of nitrogens with one attached hydrogen (secondary N) is 3. The Morgan fingerprint density at radius 3 is 2.63 bits per heavy atom. The van der Waals surface area contributed by atoms with E-state index >= 15 is 0 Å². The number of aromatic amines is 1. The van der Waals surface area contributed by atoms with Crippen molar-refractivity contribution in [2.75, 3.05) is 19.8 Å². The molecule has 200 valence electrons. The Bertz CT molecular complexity index is 1370. The lowest BCUT2D eigenvalue weighted by atomic mass is 9.88. The zero-order valence-corrected chi connectivity index (χ0v) is 21.8. The highest BCUT2D eigenvalue weighted by Crippen LogP contribution is 2.30. The first-order valence-corrected chi connectivity index (χ1v) is 13.4. The van der Waals surface area contributed by atoms with Crippen molar-refractivity contribution >= 4 is 34.5 Å². The molecule has 2 aliphatic heterocycles. The summed E-state index contributed by atoms with van der Waals surface area (Å²) >= 11 is 5.93. The summed E-state index contributed by atoms with van der Waals surface area (Å²) in [6.07, 6.45) is 4.78. The number of rotatable bonds is 9. The maximum absolute atomic E-state index is 13.5. The van der Waals surface area contributed by atoms with Crippen LogP contribution in [0.4, 0.5) is 4.79 Å². The average molecular weight is 539 g/mol. The van der Waals surface area contributed by atoms with Gasteiger partial charge in [-0.25, -0.2) is 4.79 Å². The molecule has 0 radical (unpaired) electrons. The summed E-state index contributed by atoms with van der Waals surface area (Å²) in [5, 5.41) is 13.9. The van der Waals surface area contributed by atoms with E-state index in [2.05, 4.69) is 26.9 Å². The summed E-state index contributed by atoms with van der Waals surface area (Å²) in [4.78, 5) is 37.7. The first-order valence-electron chi connectivity index (χ1n) is 13.1. The lowest BCUT2D eigenvalue weighted by molar-refractivity contribution is 0.0853. The van der Waals surface area contributed by atoms with Crippen LogP contribution in [0.25, 0.3) is 10.9 Å². The predicted octanol–water partition coefficient (Wildman–Crippen LogP) is 4.22. The summed E-state index contributed by atoms with van der Waals surface area (Å²) in [5.41, 5.74) is 3.10. The minimum Gasteiger partial charge on any atom is -0.447 e. The molecule has 3 N–H and O–H groups in total. The molecular weight excluding hydrogens is 508 g/mol. The van der Waals surface area contributed by atoms with E-state index in [1.54, 1.807) is 12.1 Å². The number of cyclic esters (lactones) is 1. The Kier molecular flexibility index (Phi) is 8.24. The standard InChI is InChI=1S/C28H31ClN4O5/c29-21-7-5-17(6-8-21)15-30-27(35)25-26(34)23-14-20(18-9-11-37-12-10-18)13-19(24(23)32-33-25)3-1-2-4-22-16-38-28(36)31-22/h5-8,13-14,18,22H,1-4,9-12,15-16H2,(H,30,35)(H,31,36)(H,32,34). The van der Waals surface area contributed by atoms with Crippen LogP contribution in [0.1, 0.15) is 65.2 Å². The van der Waals surface area contributed by atoms with Gasteiger partial charge in [-0.3, -0.25) is 14.7 Å². The molecule has 2 fully saturated rings. The van der Waals surface area contributed by atoms with E-state index < -0.39 is 5.91 Å². The molecule has 2 saturated heterocycles. The first-order chi connectivity index (χ1) is 18.5. The van der Waals surface area contributed by atoms with Crippen molar-refractivity contribution in [3.8, 4) is 0 Å². The zero-order valence-electron chi connectivity index (χ0n) is 21.1. The van der Waals surface area contributed by atoms with Gasteiger partial charge in [0, 0.05) is 24.8 Å². The summed E-state index contributed by atoms with van der Waals surface area (Å²) in [6.45, 7) is 2.05. The number of unbranched alkanes of at least 4 members (excludes halogenated alkanes) is 1. The highest BCUT2D eigenvalue weighted by molar-refractivity contribution is 6.30. The molecule has 2 amide bonds. The quantitative estimate of drug-likeness (QED) is 0.351. The van der Waals surface area contributed by atoms with E-state index in [1.165, 1.54) is 0 Å². The van der Waals surface area contributed by atoms with E-state index in [4.69, 9.17) is 21.1 Å². The van der Waals surface area contributed by atoms with Crippen LogP contribution < -0.4 is 16.1 Å². The summed E-state index contributed by atoms with van der Waals surface area (Å²) in [6, 6.07) is 11.3. The van der Waals surface area contributed by atoms with Crippen molar-refractivity contribution in [1.29, 1.82) is 0 Å². The smallest absolute Gasteiger partial charge is 0.407 e. The molecule has 2 aliphatic rings. The Morgan fingerprint density at radius 1 is 1.11 bits per heavy atom. The van der Waals surface area contributed by atoms with Crippen molar-refractivity contribution in [2.24, 2.45) is 0 Å². The minimum atomic E-state index is -0.526. The molecule has 9 nitrogen and oxygen atoms in total. The lowest BCUT2D eigenvalue weighted by Crippen LogP contribution is -2.30. The third kappa shape index (κ3) is 6.16. The van der Waals surface area contributed by atoms with Crippen molar-refractivity contribution in [3.05, 3.63) is 74.0 Å². The molecule has 2 aromatic carbocycles. The number of fused-ring (bicyclic) bond motifs is 1. The number of H-pyrrole nitrogens is 1. The van der Waals surface area contributed by atoms with Gasteiger partial charge in [-0.15, -0.1) is 0 Å². The number of carbonyl (C=O) groups excluding carboxylic acids is 2. The van der Waals surface area contributed by atoms with Crippen LogP contribution in [0.15, 0.2) is 41.2 Å². The normalized spacial score (nSPS) is 17.8. The number of carbonyl (C=O) groups is 2. The fourth-order valence-corrected chi connectivity index (χ4v) is 5.23. The third-order valence-electron chi connectivity index (χ3n) is 7.24. The zero-order chi connectivity index (χ0) is 26.5. The van der Waals surface area contributed by atoms with Crippen LogP contribution in [-0.2, 0) is 22.4 Å². The number of nitrogens with zero attached hydrogens (tertiary/aromatic N) is 1. The van der Waals surface area contributed by atoms with Gasteiger partial charge in [0.15, 0.2) is 5.69 Å². The van der Waals surface area contributed by atoms with E-state index in [9.17, 15) is 14.4 Å². The molecule has 1 aromatic heterocycles. The maximum atomic E-state index is 13.5. The SMILES string of the molecule is O=C1NC(CCCCc2cc(C3CCOCC3)cc3c(=O)c(C(=O)NCc4ccc(Cl)cc4)n[nH]c23)CO1. The van der Waals surface area contributed by atoms with E-state index in [-0.39, 0.29) is 29.8 Å². The van der Waals surface area contributed by atoms with Crippen molar-refractivity contribution in [1.82, 2.24) is 20.8 Å². The molecule has 5 rings (SSSR count). The fraction of sp³-hybridized carbons (Fsp3) is 0.429. The second-order valence-electron chi connectivity index (χ2n) is 9.89. The van der Waals surface area contributed by atoms with Crippen molar-refractivity contribution in [2.45, 2.75) is 57.0 Å². The van der Waals surface area contributed by atoms with E-state index in [1.807, 2.05) is 18.2 Å². The Balaban J connectivity index is 1.37. The lowest BCUT2D eigenvalue weighted by Gasteiger charge is -2.23. The van der Waals surface area contributed by atoms with Crippen LogP contribution >= 0.6 is 11.6 Å². The number of halogens is 1. The largest absolute Gasteiger partial charge is 0.447 e. The number of alkyl carbamates (subject to hydrolysis) is 1. The van der Waals surface area contributed by atoms with Gasteiger partial charge in [0.2, 0.25) is 5.43 Å². The van der Waals surface area contributed by atoms with Gasteiger partial charge in [0.05, 0.1) is 16.9 Å². The molecule has 3 aromatic rings. The average Bonchev–Trinajstić information content (AvgIpc) is 3.36. The number of aromatic nitrogens is 2. The molecule has 0 aliphatic carbocycles. The Hall–Kier alpha value is -3.43. The molecule has 0 bridgehead atoms. The van der Waals surface area contributed by atoms with Gasteiger partial charge < -0.3 is 20.1 Å².